The van der Waals surface area contributed by atoms with E-state index >= 15 is 0 Å². The molecule has 0 amide bonds. The third kappa shape index (κ3) is 3.94. The Hall–Kier alpha value is -1.73. The van der Waals surface area contributed by atoms with Crippen LogP contribution in [0.3, 0.4) is 0 Å². The predicted octanol–water partition coefficient (Wildman–Crippen LogP) is 2.35. The fourth-order valence-corrected chi connectivity index (χ4v) is 1.71. The van der Waals surface area contributed by atoms with E-state index in [1.165, 1.54) is 0 Å². The predicted molar refractivity (Wildman–Crippen MR) is 70.8 cm³/mol. The van der Waals surface area contributed by atoms with Crippen LogP contribution in [0.4, 0.5) is 0 Å². The SMILES string of the molecule is CNC(C)(C#N)CC(C)Oc1ccc(OC)cc1. The van der Waals surface area contributed by atoms with Crippen LogP contribution in [0.25, 0.3) is 0 Å². The minimum absolute atomic E-state index is 0.0458. The van der Waals surface area contributed by atoms with Gasteiger partial charge in [-0.25, -0.2) is 0 Å². The zero-order valence-corrected chi connectivity index (χ0v) is 11.4. The van der Waals surface area contributed by atoms with Gasteiger partial charge in [-0.05, 0) is 45.2 Å². The van der Waals surface area contributed by atoms with Crippen molar-refractivity contribution in [1.82, 2.24) is 5.32 Å². The maximum atomic E-state index is 9.08. The van der Waals surface area contributed by atoms with Crippen molar-refractivity contribution in [1.29, 1.82) is 5.26 Å². The fourth-order valence-electron chi connectivity index (χ4n) is 1.71. The van der Waals surface area contributed by atoms with Crippen molar-refractivity contribution in [2.45, 2.75) is 31.9 Å². The monoisotopic (exact) mass is 248 g/mol. The highest BCUT2D eigenvalue weighted by molar-refractivity contribution is 5.31. The number of nitrogens with one attached hydrogen (secondary N) is 1. The lowest BCUT2D eigenvalue weighted by Crippen LogP contribution is -2.41. The Labute approximate surface area is 109 Å². The van der Waals surface area contributed by atoms with Gasteiger partial charge in [-0.1, -0.05) is 0 Å². The Bertz CT molecular complexity index is 411. The first-order valence-electron chi connectivity index (χ1n) is 5.94. The normalized spacial score (nSPS) is 15.3. The first-order chi connectivity index (χ1) is 8.53. The number of benzene rings is 1. The number of hydrogen-bond acceptors (Lipinski definition) is 4. The maximum Gasteiger partial charge on any atom is 0.119 e. The number of nitriles is 1. The summed E-state index contributed by atoms with van der Waals surface area (Å²) in [6, 6.07) is 9.67. The lowest BCUT2D eigenvalue weighted by atomic mass is 9.97. The molecule has 0 spiro atoms. The van der Waals surface area contributed by atoms with Crippen LogP contribution in [0.5, 0.6) is 11.5 Å². The molecule has 18 heavy (non-hydrogen) atoms. The molecule has 4 heteroatoms. The largest absolute Gasteiger partial charge is 0.497 e. The molecule has 2 atom stereocenters. The number of rotatable bonds is 6. The molecule has 0 aliphatic carbocycles. The van der Waals surface area contributed by atoms with Crippen LogP contribution in [0, 0.1) is 11.3 Å². The molecule has 0 radical (unpaired) electrons. The molecule has 0 aliphatic rings. The second-order valence-electron chi connectivity index (χ2n) is 4.50. The molecular weight excluding hydrogens is 228 g/mol. The van der Waals surface area contributed by atoms with E-state index in [-0.39, 0.29) is 6.10 Å². The quantitative estimate of drug-likeness (QED) is 0.839. The Kier molecular flexibility index (Phi) is 4.99. The molecule has 1 N–H and O–H groups in total. The summed E-state index contributed by atoms with van der Waals surface area (Å²) in [5.74, 6) is 1.58. The maximum absolute atomic E-state index is 9.08. The molecule has 1 aromatic rings. The summed E-state index contributed by atoms with van der Waals surface area (Å²) in [4.78, 5) is 0. The highest BCUT2D eigenvalue weighted by atomic mass is 16.5. The molecule has 4 nitrogen and oxygen atoms in total. The van der Waals surface area contributed by atoms with E-state index < -0.39 is 5.54 Å². The van der Waals surface area contributed by atoms with Crippen LogP contribution in [0.1, 0.15) is 20.3 Å². The van der Waals surface area contributed by atoms with Gasteiger partial charge in [-0.2, -0.15) is 5.26 Å². The Morgan fingerprint density at radius 2 is 1.89 bits per heavy atom. The van der Waals surface area contributed by atoms with Gasteiger partial charge in [0.25, 0.3) is 0 Å². The van der Waals surface area contributed by atoms with Gasteiger partial charge in [-0.3, -0.25) is 0 Å². The highest BCUT2D eigenvalue weighted by Gasteiger charge is 2.25. The van der Waals surface area contributed by atoms with Crippen LogP contribution < -0.4 is 14.8 Å². The van der Waals surface area contributed by atoms with E-state index in [1.807, 2.05) is 38.1 Å². The van der Waals surface area contributed by atoms with Crippen molar-refractivity contribution in [2.75, 3.05) is 14.2 Å². The number of hydrogen-bond donors (Lipinski definition) is 1. The number of ether oxygens (including phenoxy) is 2. The third-order valence-corrected chi connectivity index (χ3v) is 2.89. The van der Waals surface area contributed by atoms with Crippen molar-refractivity contribution in [3.63, 3.8) is 0 Å². The van der Waals surface area contributed by atoms with Crippen LogP contribution in [-0.4, -0.2) is 25.8 Å². The summed E-state index contributed by atoms with van der Waals surface area (Å²) in [5, 5.41) is 12.1. The van der Waals surface area contributed by atoms with E-state index in [4.69, 9.17) is 14.7 Å². The third-order valence-electron chi connectivity index (χ3n) is 2.89. The fraction of sp³-hybridized carbons (Fsp3) is 0.500. The van der Waals surface area contributed by atoms with Gasteiger partial charge in [0.15, 0.2) is 0 Å². The molecule has 0 aromatic heterocycles. The average molecular weight is 248 g/mol. The zero-order chi connectivity index (χ0) is 13.6. The molecule has 2 unspecified atom stereocenters. The highest BCUT2D eigenvalue weighted by Crippen LogP contribution is 2.20. The van der Waals surface area contributed by atoms with Crippen LogP contribution in [0.15, 0.2) is 24.3 Å². The molecule has 1 aromatic carbocycles. The molecular formula is C14H20N2O2. The van der Waals surface area contributed by atoms with Crippen LogP contribution in [0.2, 0.25) is 0 Å². The number of methoxy groups -OCH3 is 1. The summed E-state index contributed by atoms with van der Waals surface area (Å²) < 4.78 is 10.8. The minimum Gasteiger partial charge on any atom is -0.497 e. The van der Waals surface area contributed by atoms with Crippen molar-refractivity contribution in [3.05, 3.63) is 24.3 Å². The van der Waals surface area contributed by atoms with E-state index in [0.29, 0.717) is 6.42 Å². The molecule has 98 valence electrons. The standard InChI is InChI=1S/C14H20N2O2/c1-11(9-14(2,10-15)16-3)18-13-7-5-12(17-4)6-8-13/h5-8,11,16H,9H2,1-4H3. The lowest BCUT2D eigenvalue weighted by molar-refractivity contribution is 0.182. The van der Waals surface area contributed by atoms with Gasteiger partial charge in [0.1, 0.15) is 17.0 Å². The van der Waals surface area contributed by atoms with Gasteiger partial charge >= 0.3 is 0 Å². The summed E-state index contributed by atoms with van der Waals surface area (Å²) in [6.07, 6.45) is 0.571. The average Bonchev–Trinajstić information content (AvgIpc) is 2.39. The molecule has 0 heterocycles. The second kappa shape index (κ2) is 6.27. The summed E-state index contributed by atoms with van der Waals surface area (Å²) in [5.41, 5.74) is -0.564. The molecule has 0 saturated heterocycles. The molecule has 0 saturated carbocycles. The summed E-state index contributed by atoms with van der Waals surface area (Å²) in [6.45, 7) is 3.82. The van der Waals surface area contributed by atoms with Crippen molar-refractivity contribution < 1.29 is 9.47 Å². The smallest absolute Gasteiger partial charge is 0.119 e. The first kappa shape index (κ1) is 14.3. The van der Waals surface area contributed by atoms with Crippen molar-refractivity contribution >= 4 is 0 Å². The van der Waals surface area contributed by atoms with E-state index in [0.717, 1.165) is 11.5 Å². The van der Waals surface area contributed by atoms with Gasteiger partial charge in [-0.15, -0.1) is 0 Å². The Balaban J connectivity index is 2.59. The van der Waals surface area contributed by atoms with Gasteiger partial charge in [0.2, 0.25) is 0 Å². The Morgan fingerprint density at radius 3 is 2.33 bits per heavy atom. The molecule has 1 rings (SSSR count). The summed E-state index contributed by atoms with van der Waals surface area (Å²) in [7, 11) is 3.41. The van der Waals surface area contributed by atoms with E-state index in [2.05, 4.69) is 11.4 Å². The molecule has 0 fully saturated rings. The topological polar surface area (TPSA) is 54.3 Å². The Morgan fingerprint density at radius 1 is 1.33 bits per heavy atom. The van der Waals surface area contributed by atoms with Crippen molar-refractivity contribution in [3.8, 4) is 17.6 Å². The van der Waals surface area contributed by atoms with Gasteiger partial charge in [0, 0.05) is 6.42 Å². The summed E-state index contributed by atoms with van der Waals surface area (Å²) >= 11 is 0. The van der Waals surface area contributed by atoms with E-state index in [1.54, 1.807) is 14.2 Å². The van der Waals surface area contributed by atoms with Crippen LogP contribution in [-0.2, 0) is 0 Å². The lowest BCUT2D eigenvalue weighted by Gasteiger charge is -2.25. The first-order valence-corrected chi connectivity index (χ1v) is 5.94. The van der Waals surface area contributed by atoms with Gasteiger partial charge in [0.05, 0.1) is 19.3 Å². The minimum atomic E-state index is -0.564. The van der Waals surface area contributed by atoms with Crippen molar-refractivity contribution in [2.24, 2.45) is 0 Å². The van der Waals surface area contributed by atoms with E-state index in [9.17, 15) is 0 Å². The molecule has 0 bridgehead atoms. The van der Waals surface area contributed by atoms with Crippen LogP contribution >= 0.6 is 0 Å². The molecule has 0 aliphatic heterocycles. The van der Waals surface area contributed by atoms with Gasteiger partial charge < -0.3 is 14.8 Å². The zero-order valence-electron chi connectivity index (χ0n) is 11.4. The number of nitrogens with zero attached hydrogens (tertiary/aromatic N) is 1. The second-order valence-corrected chi connectivity index (χ2v) is 4.50.